The van der Waals surface area contributed by atoms with Crippen LogP contribution in [-0.2, 0) is 5.54 Å². The van der Waals surface area contributed by atoms with Crippen LogP contribution in [0, 0.1) is 11.3 Å². The average molecular weight is 494 g/mol. The summed E-state index contributed by atoms with van der Waals surface area (Å²) in [4.78, 5) is 0. The van der Waals surface area contributed by atoms with Crippen LogP contribution in [0.15, 0.2) is 108 Å². The van der Waals surface area contributed by atoms with Crippen molar-refractivity contribution in [1.29, 1.82) is 5.26 Å². The summed E-state index contributed by atoms with van der Waals surface area (Å²) in [6, 6.07) is 37.0. The molecule has 5 rings (SSSR count). The van der Waals surface area contributed by atoms with Crippen molar-refractivity contribution in [3.63, 3.8) is 0 Å². The van der Waals surface area contributed by atoms with Gasteiger partial charge in [0.05, 0.1) is 18.2 Å². The molecule has 0 aliphatic rings. The molecule has 0 unspecified atom stereocenters. The van der Waals surface area contributed by atoms with Gasteiger partial charge in [0.2, 0.25) is 0 Å². The maximum atomic E-state index is 9.63. The lowest BCUT2D eigenvalue weighted by atomic mass is 9.77. The number of ether oxygens (including phenoxy) is 1. The summed E-state index contributed by atoms with van der Waals surface area (Å²) in [5, 5.41) is 15.5. The van der Waals surface area contributed by atoms with E-state index < -0.39 is 5.54 Å². The van der Waals surface area contributed by atoms with E-state index in [-0.39, 0.29) is 0 Å². The molecule has 0 saturated heterocycles. The zero-order valence-corrected chi connectivity index (χ0v) is 19.5. The van der Waals surface area contributed by atoms with Crippen LogP contribution in [0.2, 0.25) is 0 Å². The second-order valence-electron chi connectivity index (χ2n) is 7.69. The Morgan fingerprint density at radius 1 is 0.818 bits per heavy atom. The Balaban J connectivity index is 1.99. The second kappa shape index (κ2) is 8.57. The number of hydrogen-bond donors (Lipinski definition) is 0. The van der Waals surface area contributed by atoms with E-state index in [1.165, 1.54) is 0 Å². The molecule has 33 heavy (non-hydrogen) atoms. The molecule has 1 aromatic heterocycles. The van der Waals surface area contributed by atoms with E-state index in [2.05, 4.69) is 58.4 Å². The van der Waals surface area contributed by atoms with Gasteiger partial charge in [-0.3, -0.25) is 0 Å². The maximum absolute atomic E-state index is 9.63. The van der Waals surface area contributed by atoms with Gasteiger partial charge in [-0.25, -0.2) is 4.68 Å². The van der Waals surface area contributed by atoms with E-state index in [1.54, 1.807) is 7.11 Å². The number of nitrogens with zero attached hydrogens (tertiary/aromatic N) is 3. The molecule has 1 heterocycles. The molecule has 0 bridgehead atoms. The van der Waals surface area contributed by atoms with E-state index in [1.807, 2.05) is 71.4 Å². The third-order valence-electron chi connectivity index (χ3n) is 5.97. The monoisotopic (exact) mass is 493 g/mol. The minimum atomic E-state index is -0.757. The standard InChI is InChI=1S/C28H20BrN3O/c1-33-26-18-25-24(17-20(26)19-30)27(29)31-32(25)28(21-11-5-2-6-12-21,22-13-7-3-8-14-22)23-15-9-4-10-16-23/h2-18H,1H3. The number of hydrogen-bond acceptors (Lipinski definition) is 3. The Hall–Kier alpha value is -3.88. The minimum Gasteiger partial charge on any atom is -0.495 e. The second-order valence-corrected chi connectivity index (χ2v) is 8.44. The SMILES string of the molecule is COc1cc2c(cc1C#N)c(Br)nn2C(c1ccccc1)(c1ccccc1)c1ccccc1. The topological polar surface area (TPSA) is 50.8 Å². The largest absolute Gasteiger partial charge is 0.495 e. The first-order chi connectivity index (χ1) is 16.2. The van der Waals surface area contributed by atoms with E-state index >= 15 is 0 Å². The molecule has 160 valence electrons. The summed E-state index contributed by atoms with van der Waals surface area (Å²) in [6.07, 6.45) is 0. The average Bonchev–Trinajstić information content (AvgIpc) is 3.21. The van der Waals surface area contributed by atoms with Crippen LogP contribution in [0.5, 0.6) is 5.75 Å². The summed E-state index contributed by atoms with van der Waals surface area (Å²) in [7, 11) is 1.58. The zero-order valence-electron chi connectivity index (χ0n) is 17.9. The van der Waals surface area contributed by atoms with Crippen LogP contribution in [0.3, 0.4) is 0 Å². The highest BCUT2D eigenvalue weighted by Gasteiger charge is 2.40. The summed E-state index contributed by atoms with van der Waals surface area (Å²) >= 11 is 3.66. The molecule has 0 spiro atoms. The first-order valence-electron chi connectivity index (χ1n) is 10.5. The van der Waals surface area contributed by atoms with Crippen LogP contribution in [-0.4, -0.2) is 16.9 Å². The van der Waals surface area contributed by atoms with Crippen LogP contribution >= 0.6 is 15.9 Å². The Morgan fingerprint density at radius 3 is 1.73 bits per heavy atom. The molecular formula is C28H20BrN3O. The first kappa shape index (κ1) is 21.0. The third kappa shape index (κ3) is 3.31. The highest BCUT2D eigenvalue weighted by atomic mass is 79.9. The van der Waals surface area contributed by atoms with Gasteiger partial charge in [-0.2, -0.15) is 10.4 Å². The van der Waals surface area contributed by atoms with Crippen LogP contribution < -0.4 is 4.74 Å². The summed E-state index contributed by atoms with van der Waals surface area (Å²) in [6.45, 7) is 0. The van der Waals surface area contributed by atoms with E-state index in [9.17, 15) is 5.26 Å². The molecule has 0 aliphatic heterocycles. The van der Waals surface area contributed by atoms with Crippen molar-refractivity contribution in [2.45, 2.75) is 5.54 Å². The lowest BCUT2D eigenvalue weighted by molar-refractivity contribution is 0.413. The van der Waals surface area contributed by atoms with Gasteiger partial charge in [-0.1, -0.05) is 91.0 Å². The smallest absolute Gasteiger partial charge is 0.138 e. The molecule has 4 aromatic carbocycles. The third-order valence-corrected chi connectivity index (χ3v) is 6.55. The minimum absolute atomic E-state index is 0.468. The molecule has 0 N–H and O–H groups in total. The molecular weight excluding hydrogens is 474 g/mol. The molecule has 4 nitrogen and oxygen atoms in total. The van der Waals surface area contributed by atoms with Gasteiger partial charge in [0, 0.05) is 11.5 Å². The molecule has 0 aliphatic carbocycles. The van der Waals surface area contributed by atoms with Crippen LogP contribution in [0.25, 0.3) is 10.9 Å². The molecule has 0 saturated carbocycles. The lowest BCUT2D eigenvalue weighted by Crippen LogP contribution is -2.38. The molecule has 0 fully saturated rings. The Bertz CT molecular complexity index is 1360. The molecule has 0 radical (unpaired) electrons. The molecule has 5 aromatic rings. The fourth-order valence-corrected chi connectivity index (χ4v) is 5.00. The highest BCUT2D eigenvalue weighted by molar-refractivity contribution is 9.10. The molecule has 0 atom stereocenters. The van der Waals surface area contributed by atoms with Crippen molar-refractivity contribution in [2.75, 3.05) is 7.11 Å². The normalized spacial score (nSPS) is 11.3. The molecule has 5 heteroatoms. The summed E-state index contributed by atoms with van der Waals surface area (Å²) < 4.78 is 8.27. The van der Waals surface area contributed by atoms with Crippen molar-refractivity contribution < 1.29 is 4.74 Å². The van der Waals surface area contributed by atoms with Crippen molar-refractivity contribution >= 4 is 26.8 Å². The van der Waals surface area contributed by atoms with Crippen molar-refractivity contribution in [3.8, 4) is 11.8 Å². The Labute approximate surface area is 200 Å². The van der Waals surface area contributed by atoms with E-state index in [0.29, 0.717) is 15.9 Å². The predicted octanol–water partition coefficient (Wildman–Crippen LogP) is 6.52. The quantitative estimate of drug-likeness (QED) is 0.262. The van der Waals surface area contributed by atoms with Gasteiger partial charge in [-0.15, -0.1) is 0 Å². The van der Waals surface area contributed by atoms with E-state index in [4.69, 9.17) is 9.84 Å². The van der Waals surface area contributed by atoms with Gasteiger partial charge in [0.25, 0.3) is 0 Å². The Kier molecular flexibility index (Phi) is 5.45. The number of halogens is 1. The number of nitriles is 1. The van der Waals surface area contributed by atoms with Gasteiger partial charge in [0.15, 0.2) is 0 Å². The van der Waals surface area contributed by atoms with E-state index in [0.717, 1.165) is 27.6 Å². The number of methoxy groups -OCH3 is 1. The number of aromatic nitrogens is 2. The number of benzene rings is 4. The van der Waals surface area contributed by atoms with Gasteiger partial charge < -0.3 is 4.74 Å². The van der Waals surface area contributed by atoms with Crippen molar-refractivity contribution in [2.24, 2.45) is 0 Å². The lowest BCUT2D eigenvalue weighted by Gasteiger charge is -2.37. The summed E-state index contributed by atoms with van der Waals surface area (Å²) in [5.74, 6) is 0.515. The van der Waals surface area contributed by atoms with Crippen LogP contribution in [0.1, 0.15) is 22.3 Å². The predicted molar refractivity (Wildman–Crippen MR) is 133 cm³/mol. The van der Waals surface area contributed by atoms with Crippen molar-refractivity contribution in [1.82, 2.24) is 9.78 Å². The first-order valence-corrected chi connectivity index (χ1v) is 11.3. The van der Waals surface area contributed by atoms with Gasteiger partial charge >= 0.3 is 0 Å². The number of rotatable bonds is 5. The fourth-order valence-electron chi connectivity index (χ4n) is 4.52. The fraction of sp³-hybridized carbons (Fsp3) is 0.0714. The Morgan fingerprint density at radius 2 is 1.30 bits per heavy atom. The van der Waals surface area contributed by atoms with Crippen LogP contribution in [0.4, 0.5) is 0 Å². The molecule has 0 amide bonds. The van der Waals surface area contributed by atoms with Crippen molar-refractivity contribution in [3.05, 3.63) is 130 Å². The summed E-state index contributed by atoms with van der Waals surface area (Å²) in [5.41, 5.74) is 3.78. The number of fused-ring (bicyclic) bond motifs is 1. The maximum Gasteiger partial charge on any atom is 0.138 e. The highest BCUT2D eigenvalue weighted by Crippen LogP contribution is 2.44. The van der Waals surface area contributed by atoms with Gasteiger partial charge in [0.1, 0.15) is 22.0 Å². The van der Waals surface area contributed by atoms with Gasteiger partial charge in [-0.05, 0) is 38.7 Å². The zero-order chi connectivity index (χ0) is 22.8.